The minimum absolute atomic E-state index is 0.0120. The molecule has 0 radical (unpaired) electrons. The van der Waals surface area contributed by atoms with Crippen LogP contribution in [0.15, 0.2) is 24.3 Å². The molecule has 1 aromatic carbocycles. The van der Waals surface area contributed by atoms with Crippen molar-refractivity contribution >= 4 is 5.91 Å². The van der Waals surface area contributed by atoms with Crippen LogP contribution in [0.25, 0.3) is 0 Å². The Balaban J connectivity index is 1.95. The third-order valence-corrected chi connectivity index (χ3v) is 3.68. The van der Waals surface area contributed by atoms with E-state index in [1.807, 2.05) is 6.92 Å². The number of nitrogens with one attached hydrogen (secondary N) is 1. The second-order valence-electron chi connectivity index (χ2n) is 5.55. The van der Waals surface area contributed by atoms with Crippen LogP contribution in [0.3, 0.4) is 0 Å². The molecule has 3 nitrogen and oxygen atoms in total. The first-order chi connectivity index (χ1) is 9.08. The van der Waals surface area contributed by atoms with Crippen LogP contribution in [0.5, 0.6) is 0 Å². The van der Waals surface area contributed by atoms with Gasteiger partial charge in [-0.25, -0.2) is 0 Å². The lowest BCUT2D eigenvalue weighted by Crippen LogP contribution is -2.35. The molecule has 1 N–H and O–H groups in total. The largest absolute Gasteiger partial charge is 0.368 e. The van der Waals surface area contributed by atoms with Crippen molar-refractivity contribution in [2.75, 3.05) is 6.61 Å². The van der Waals surface area contributed by atoms with Crippen molar-refractivity contribution in [3.8, 4) is 0 Å². The van der Waals surface area contributed by atoms with E-state index in [1.165, 1.54) is 5.56 Å². The van der Waals surface area contributed by atoms with E-state index in [0.717, 1.165) is 18.4 Å². The fourth-order valence-corrected chi connectivity index (χ4v) is 2.34. The lowest BCUT2D eigenvalue weighted by atomic mass is 9.99. The third kappa shape index (κ3) is 3.57. The van der Waals surface area contributed by atoms with Gasteiger partial charge in [0.2, 0.25) is 5.91 Å². The van der Waals surface area contributed by atoms with Gasteiger partial charge in [0.05, 0.1) is 6.04 Å². The first-order valence-electron chi connectivity index (χ1n) is 7.09. The molecule has 2 rings (SSSR count). The highest BCUT2D eigenvalue weighted by Gasteiger charge is 2.24. The summed E-state index contributed by atoms with van der Waals surface area (Å²) in [6.07, 6.45) is 1.57. The van der Waals surface area contributed by atoms with E-state index in [4.69, 9.17) is 4.74 Å². The Morgan fingerprint density at radius 3 is 2.37 bits per heavy atom. The van der Waals surface area contributed by atoms with Crippen LogP contribution in [0.2, 0.25) is 0 Å². The quantitative estimate of drug-likeness (QED) is 0.904. The first kappa shape index (κ1) is 14.1. The number of benzene rings is 1. The van der Waals surface area contributed by atoms with Crippen LogP contribution in [-0.2, 0) is 9.53 Å². The van der Waals surface area contributed by atoms with Gasteiger partial charge in [0.1, 0.15) is 6.10 Å². The van der Waals surface area contributed by atoms with Gasteiger partial charge in [0.25, 0.3) is 0 Å². The first-order valence-corrected chi connectivity index (χ1v) is 7.09. The maximum Gasteiger partial charge on any atom is 0.249 e. The van der Waals surface area contributed by atoms with Gasteiger partial charge in [-0.05, 0) is 36.8 Å². The summed E-state index contributed by atoms with van der Waals surface area (Å²) in [6, 6.07) is 8.48. The van der Waals surface area contributed by atoms with Crippen LogP contribution < -0.4 is 5.32 Å². The van der Waals surface area contributed by atoms with Crippen molar-refractivity contribution < 1.29 is 9.53 Å². The van der Waals surface area contributed by atoms with Crippen molar-refractivity contribution in [1.82, 2.24) is 5.32 Å². The molecule has 1 aliphatic heterocycles. The molecule has 0 aromatic heterocycles. The van der Waals surface area contributed by atoms with Crippen LogP contribution in [0.4, 0.5) is 0 Å². The summed E-state index contributed by atoms with van der Waals surface area (Å²) in [5.74, 6) is 0.545. The Bertz CT molecular complexity index is 419. The van der Waals surface area contributed by atoms with Gasteiger partial charge in [-0.15, -0.1) is 0 Å². The number of carbonyl (C=O) groups excluding carboxylic acids is 1. The summed E-state index contributed by atoms with van der Waals surface area (Å²) in [6.45, 7) is 7.07. The summed E-state index contributed by atoms with van der Waals surface area (Å²) in [5.41, 5.74) is 2.46. The topological polar surface area (TPSA) is 38.3 Å². The number of ether oxygens (including phenoxy) is 1. The molecule has 0 unspecified atom stereocenters. The van der Waals surface area contributed by atoms with Gasteiger partial charge >= 0.3 is 0 Å². The molecule has 104 valence electrons. The lowest BCUT2D eigenvalue weighted by Gasteiger charge is -2.18. The number of hydrogen-bond acceptors (Lipinski definition) is 2. The Hall–Kier alpha value is -1.35. The predicted octanol–water partition coefficient (Wildman–Crippen LogP) is 3.17. The zero-order valence-electron chi connectivity index (χ0n) is 12.0. The molecular weight excluding hydrogens is 238 g/mol. The maximum absolute atomic E-state index is 12.0. The maximum atomic E-state index is 12.0. The molecule has 2 atom stereocenters. The summed E-state index contributed by atoms with van der Waals surface area (Å²) in [5, 5.41) is 3.02. The van der Waals surface area contributed by atoms with Crippen molar-refractivity contribution in [2.24, 2.45) is 0 Å². The highest BCUT2D eigenvalue weighted by atomic mass is 16.5. The molecule has 0 saturated carbocycles. The molecule has 1 saturated heterocycles. The average Bonchev–Trinajstić information content (AvgIpc) is 2.92. The minimum atomic E-state index is -0.252. The summed E-state index contributed by atoms with van der Waals surface area (Å²) in [7, 11) is 0. The summed E-state index contributed by atoms with van der Waals surface area (Å²) >= 11 is 0. The number of carbonyl (C=O) groups is 1. The zero-order chi connectivity index (χ0) is 13.8. The Kier molecular flexibility index (Phi) is 4.59. The smallest absolute Gasteiger partial charge is 0.249 e. The van der Waals surface area contributed by atoms with E-state index in [1.54, 1.807) is 0 Å². The second-order valence-corrected chi connectivity index (χ2v) is 5.55. The predicted molar refractivity (Wildman–Crippen MR) is 76.1 cm³/mol. The van der Waals surface area contributed by atoms with Gasteiger partial charge in [0.15, 0.2) is 0 Å². The van der Waals surface area contributed by atoms with E-state index >= 15 is 0 Å². The van der Waals surface area contributed by atoms with Crippen molar-refractivity contribution in [3.05, 3.63) is 35.4 Å². The summed E-state index contributed by atoms with van der Waals surface area (Å²) < 4.78 is 5.39. The molecule has 19 heavy (non-hydrogen) atoms. The van der Waals surface area contributed by atoms with Crippen molar-refractivity contribution in [2.45, 2.75) is 51.7 Å². The normalized spacial score (nSPS) is 20.5. The molecule has 0 bridgehead atoms. The standard InChI is InChI=1S/C16H23NO2/c1-11(2)13-6-8-14(9-7-13)12(3)17-16(18)15-5-4-10-19-15/h6-9,11-12,15H,4-5,10H2,1-3H3,(H,17,18)/t12-,15+/m1/s1. The van der Waals surface area contributed by atoms with E-state index in [2.05, 4.69) is 43.4 Å². The van der Waals surface area contributed by atoms with Crippen molar-refractivity contribution in [1.29, 1.82) is 0 Å². The number of hydrogen-bond donors (Lipinski definition) is 1. The number of rotatable bonds is 4. The fraction of sp³-hybridized carbons (Fsp3) is 0.562. The van der Waals surface area contributed by atoms with E-state index in [-0.39, 0.29) is 18.1 Å². The highest BCUT2D eigenvalue weighted by Crippen LogP contribution is 2.19. The molecule has 1 amide bonds. The molecule has 3 heteroatoms. The summed E-state index contributed by atoms with van der Waals surface area (Å²) in [4.78, 5) is 12.0. The Labute approximate surface area is 115 Å². The van der Waals surface area contributed by atoms with E-state index in [0.29, 0.717) is 12.5 Å². The number of amides is 1. The van der Waals surface area contributed by atoms with Crippen LogP contribution in [-0.4, -0.2) is 18.6 Å². The van der Waals surface area contributed by atoms with Gasteiger partial charge in [-0.2, -0.15) is 0 Å². The van der Waals surface area contributed by atoms with Gasteiger partial charge in [-0.1, -0.05) is 38.1 Å². The molecular formula is C16H23NO2. The third-order valence-electron chi connectivity index (χ3n) is 3.68. The van der Waals surface area contributed by atoms with Gasteiger partial charge in [0, 0.05) is 6.61 Å². The molecule has 0 spiro atoms. The second kappa shape index (κ2) is 6.20. The lowest BCUT2D eigenvalue weighted by molar-refractivity contribution is -0.130. The average molecular weight is 261 g/mol. The zero-order valence-corrected chi connectivity index (χ0v) is 12.0. The Morgan fingerprint density at radius 2 is 1.84 bits per heavy atom. The molecule has 1 aliphatic rings. The minimum Gasteiger partial charge on any atom is -0.368 e. The van der Waals surface area contributed by atoms with Crippen LogP contribution in [0.1, 0.15) is 56.7 Å². The van der Waals surface area contributed by atoms with Crippen LogP contribution >= 0.6 is 0 Å². The fourth-order valence-electron chi connectivity index (χ4n) is 2.34. The SMILES string of the molecule is CC(C)c1ccc([C@@H](C)NC(=O)[C@@H]2CCCO2)cc1. The van der Waals surface area contributed by atoms with Gasteiger partial charge in [-0.3, -0.25) is 4.79 Å². The highest BCUT2D eigenvalue weighted by molar-refractivity contribution is 5.81. The van der Waals surface area contributed by atoms with Gasteiger partial charge < -0.3 is 10.1 Å². The van der Waals surface area contributed by atoms with Crippen molar-refractivity contribution in [3.63, 3.8) is 0 Å². The van der Waals surface area contributed by atoms with E-state index in [9.17, 15) is 4.79 Å². The molecule has 1 aromatic rings. The van der Waals surface area contributed by atoms with Crippen LogP contribution in [0, 0.1) is 0 Å². The molecule has 0 aliphatic carbocycles. The molecule has 1 fully saturated rings. The molecule has 1 heterocycles. The van der Waals surface area contributed by atoms with E-state index < -0.39 is 0 Å². The monoisotopic (exact) mass is 261 g/mol. The Morgan fingerprint density at radius 1 is 1.21 bits per heavy atom.